The maximum atomic E-state index is 15.0. The van der Waals surface area contributed by atoms with Gasteiger partial charge >= 0.3 is 12.1 Å². The topological polar surface area (TPSA) is 92.2 Å². The average molecular weight is 540 g/mol. The van der Waals surface area contributed by atoms with Gasteiger partial charge < -0.3 is 8.97 Å². The van der Waals surface area contributed by atoms with Gasteiger partial charge in [0, 0.05) is 46.6 Å². The van der Waals surface area contributed by atoms with E-state index in [0.717, 1.165) is 6.07 Å². The molecule has 0 spiro atoms. The van der Waals surface area contributed by atoms with Crippen molar-refractivity contribution in [3.63, 3.8) is 0 Å². The summed E-state index contributed by atoms with van der Waals surface area (Å²) in [5.41, 5.74) is 1.32. The highest BCUT2D eigenvalue weighted by molar-refractivity contribution is 7.88. The minimum atomic E-state index is -2.93. The molecule has 1 fully saturated rings. The lowest BCUT2D eigenvalue weighted by molar-refractivity contribution is 0.116. The molecule has 2 aromatic carbocycles. The number of hydrogen-bond donors (Lipinski definition) is 0. The van der Waals surface area contributed by atoms with Crippen molar-refractivity contribution in [2.45, 2.75) is 31.9 Å². The lowest BCUT2D eigenvalue weighted by Gasteiger charge is -2.31. The Labute approximate surface area is 211 Å². The third-order valence-corrected chi connectivity index (χ3v) is 7.66. The molecule has 1 unspecified atom stereocenters. The Bertz CT molecular complexity index is 1460. The zero-order chi connectivity index (χ0) is 25.6. The molecule has 3 heterocycles. The van der Waals surface area contributed by atoms with Crippen LogP contribution >= 0.6 is 11.6 Å². The van der Waals surface area contributed by atoms with Crippen LogP contribution in [0.25, 0.3) is 22.5 Å². The van der Waals surface area contributed by atoms with Gasteiger partial charge in [-0.3, -0.25) is 9.13 Å². The summed E-state index contributed by atoms with van der Waals surface area (Å²) in [6.07, 6.45) is -0.0177. The number of aromatic nitrogens is 4. The van der Waals surface area contributed by atoms with Gasteiger partial charge in [0.1, 0.15) is 12.1 Å². The third-order valence-electron chi connectivity index (χ3n) is 6.33. The molecule has 0 radical (unpaired) electrons. The van der Waals surface area contributed by atoms with Crippen LogP contribution < -0.4 is 5.69 Å². The van der Waals surface area contributed by atoms with Crippen LogP contribution in [0.15, 0.2) is 45.6 Å². The standard InChI is InChI=1S/C23H21ClF3N5O3S/c1-36(34)30-8-6-16(7-9-30)32-19-11-15(24)4-5-18(19)31(23(32)33)12-14-3-2-13(10-17(14)25)21-28-29-22(35-21)20(26)27/h2-5,10-11,16,20H,6-9,12H2,1H3. The van der Waals surface area contributed by atoms with E-state index in [1.165, 1.54) is 16.7 Å². The van der Waals surface area contributed by atoms with Gasteiger partial charge in [0.2, 0.25) is 5.89 Å². The quantitative estimate of drug-likeness (QED) is 0.334. The largest absolute Gasteiger partial charge is 0.598 e. The van der Waals surface area contributed by atoms with E-state index in [9.17, 15) is 18.1 Å². The van der Waals surface area contributed by atoms with Crippen molar-refractivity contribution >= 4 is 34.0 Å². The van der Waals surface area contributed by atoms with Crippen molar-refractivity contribution in [2.75, 3.05) is 19.3 Å². The van der Waals surface area contributed by atoms with Crippen LogP contribution in [-0.4, -0.2) is 47.5 Å². The summed E-state index contributed by atoms with van der Waals surface area (Å²) in [5.74, 6) is -1.72. The Hall–Kier alpha value is -2.80. The number of fused-ring (bicyclic) bond motifs is 1. The second-order valence-corrected chi connectivity index (χ2v) is 10.3. The first-order valence-electron chi connectivity index (χ1n) is 11.1. The highest BCUT2D eigenvalue weighted by Gasteiger charge is 2.29. The smallest absolute Gasteiger partial charge is 0.329 e. The number of rotatable bonds is 6. The molecule has 2 aromatic heterocycles. The Morgan fingerprint density at radius 3 is 2.56 bits per heavy atom. The summed E-state index contributed by atoms with van der Waals surface area (Å²) in [4.78, 5) is 13.6. The number of alkyl halides is 2. The fourth-order valence-corrected chi connectivity index (χ4v) is 5.43. The zero-order valence-electron chi connectivity index (χ0n) is 19.0. The van der Waals surface area contributed by atoms with Gasteiger partial charge in [0.15, 0.2) is 0 Å². The lowest BCUT2D eigenvalue weighted by Crippen LogP contribution is -2.40. The van der Waals surface area contributed by atoms with Crippen LogP contribution in [0, 0.1) is 5.82 Å². The Morgan fingerprint density at radius 1 is 1.17 bits per heavy atom. The second kappa shape index (κ2) is 9.92. The minimum Gasteiger partial charge on any atom is -0.598 e. The summed E-state index contributed by atoms with van der Waals surface area (Å²) in [6.45, 7) is 1.12. The van der Waals surface area contributed by atoms with Gasteiger partial charge in [-0.05, 0) is 43.2 Å². The number of halogens is 4. The highest BCUT2D eigenvalue weighted by Crippen LogP contribution is 2.29. The fraction of sp³-hybridized carbons (Fsp3) is 0.348. The molecule has 1 saturated heterocycles. The molecule has 1 aliphatic rings. The molecule has 0 N–H and O–H groups in total. The van der Waals surface area contributed by atoms with Crippen LogP contribution in [0.4, 0.5) is 13.2 Å². The van der Waals surface area contributed by atoms with Gasteiger partial charge in [-0.1, -0.05) is 17.7 Å². The van der Waals surface area contributed by atoms with Gasteiger partial charge in [-0.15, -0.1) is 14.5 Å². The van der Waals surface area contributed by atoms with Crippen LogP contribution in [0.3, 0.4) is 0 Å². The Balaban J connectivity index is 1.48. The van der Waals surface area contributed by atoms with Crippen LogP contribution in [0.5, 0.6) is 0 Å². The molecule has 8 nitrogen and oxygen atoms in total. The van der Waals surface area contributed by atoms with Crippen LogP contribution in [0.2, 0.25) is 5.02 Å². The van der Waals surface area contributed by atoms with E-state index in [0.29, 0.717) is 42.0 Å². The average Bonchev–Trinajstić information content (AvgIpc) is 3.44. The molecule has 5 rings (SSSR count). The van der Waals surface area contributed by atoms with E-state index in [-0.39, 0.29) is 35.3 Å². The summed E-state index contributed by atoms with van der Waals surface area (Å²) in [6, 6.07) is 9.04. The number of hydrogen-bond acceptors (Lipinski definition) is 6. The van der Waals surface area contributed by atoms with Crippen molar-refractivity contribution < 1.29 is 22.1 Å². The van der Waals surface area contributed by atoms with Gasteiger partial charge in [0.25, 0.3) is 5.89 Å². The zero-order valence-corrected chi connectivity index (χ0v) is 20.6. The van der Waals surface area contributed by atoms with E-state index in [2.05, 4.69) is 10.2 Å². The summed E-state index contributed by atoms with van der Waals surface area (Å²) < 4.78 is 62.3. The summed E-state index contributed by atoms with van der Waals surface area (Å²) in [5, 5.41) is 7.27. The maximum absolute atomic E-state index is 15.0. The molecular weight excluding hydrogens is 519 g/mol. The highest BCUT2D eigenvalue weighted by atomic mass is 35.5. The normalized spacial score (nSPS) is 16.3. The first-order chi connectivity index (χ1) is 17.2. The van der Waals surface area contributed by atoms with Crippen molar-refractivity contribution in [1.82, 2.24) is 23.6 Å². The predicted molar refractivity (Wildman–Crippen MR) is 129 cm³/mol. The van der Waals surface area contributed by atoms with Crippen LogP contribution in [-0.2, 0) is 17.9 Å². The van der Waals surface area contributed by atoms with Gasteiger partial charge in [0.05, 0.1) is 17.6 Å². The van der Waals surface area contributed by atoms with Crippen molar-refractivity contribution in [2.24, 2.45) is 0 Å². The van der Waals surface area contributed by atoms with Crippen molar-refractivity contribution in [1.29, 1.82) is 0 Å². The molecule has 0 aliphatic carbocycles. The monoisotopic (exact) mass is 539 g/mol. The molecule has 1 aliphatic heterocycles. The van der Waals surface area contributed by atoms with E-state index in [1.807, 2.05) is 4.31 Å². The predicted octanol–water partition coefficient (Wildman–Crippen LogP) is 4.56. The molecule has 0 amide bonds. The molecule has 1 atom stereocenters. The number of imidazole rings is 1. The molecule has 13 heteroatoms. The summed E-state index contributed by atoms with van der Waals surface area (Å²) in [7, 11) is 0. The lowest BCUT2D eigenvalue weighted by atomic mass is 10.1. The van der Waals surface area contributed by atoms with Crippen molar-refractivity contribution in [3.05, 3.63) is 69.2 Å². The number of benzene rings is 2. The SMILES string of the molecule is C[S+]([O-])N1CCC(n2c(=O)n(Cc3ccc(-c4nnc(C(F)F)o4)cc3F)c3ccc(Cl)cc32)CC1. The number of nitrogens with zero attached hydrogens (tertiary/aromatic N) is 5. The van der Waals surface area contributed by atoms with E-state index in [4.69, 9.17) is 16.0 Å². The summed E-state index contributed by atoms with van der Waals surface area (Å²) >= 11 is 5.16. The Morgan fingerprint density at radius 2 is 1.92 bits per heavy atom. The first-order valence-corrected chi connectivity index (χ1v) is 13.0. The number of piperidine rings is 1. The molecule has 190 valence electrons. The maximum Gasteiger partial charge on any atom is 0.329 e. The fourth-order valence-electron chi connectivity index (χ4n) is 4.54. The van der Waals surface area contributed by atoms with E-state index >= 15 is 4.39 Å². The molecule has 0 bridgehead atoms. The second-order valence-electron chi connectivity index (χ2n) is 8.51. The van der Waals surface area contributed by atoms with E-state index in [1.54, 1.807) is 29.0 Å². The molecule has 4 aromatic rings. The molecular formula is C23H21ClF3N5O3S. The molecule has 0 saturated carbocycles. The third kappa shape index (κ3) is 4.65. The molecule has 36 heavy (non-hydrogen) atoms. The van der Waals surface area contributed by atoms with E-state index < -0.39 is 29.5 Å². The first kappa shape index (κ1) is 24.9. The van der Waals surface area contributed by atoms with Gasteiger partial charge in [-0.2, -0.15) is 8.78 Å². The van der Waals surface area contributed by atoms with Gasteiger partial charge in [-0.25, -0.2) is 9.18 Å². The van der Waals surface area contributed by atoms with Crippen LogP contribution in [0.1, 0.15) is 36.8 Å². The van der Waals surface area contributed by atoms with Crippen molar-refractivity contribution in [3.8, 4) is 11.5 Å². The minimum absolute atomic E-state index is 0.0555. The Kier molecular flexibility index (Phi) is 6.86.